The first-order chi connectivity index (χ1) is 11.1. The normalized spacial score (nSPS) is 11.0. The molecule has 0 atom stereocenters. The molecule has 1 amide bonds. The fourth-order valence-electron chi connectivity index (χ4n) is 2.36. The number of hydrogen-bond donors (Lipinski definition) is 1. The summed E-state index contributed by atoms with van der Waals surface area (Å²) >= 11 is 1.37. The first-order valence-corrected chi connectivity index (χ1v) is 8.17. The number of carbonyl (C=O) groups excluding carboxylic acids is 1. The Balaban J connectivity index is 2.00. The van der Waals surface area contributed by atoms with Crippen molar-refractivity contribution in [2.75, 3.05) is 5.32 Å². The van der Waals surface area contributed by atoms with Crippen molar-refractivity contribution in [2.45, 2.75) is 26.7 Å². The number of hydrogen-bond acceptors (Lipinski definition) is 5. The van der Waals surface area contributed by atoms with Crippen molar-refractivity contribution in [1.29, 1.82) is 0 Å². The maximum absolute atomic E-state index is 12.5. The molecule has 0 radical (unpaired) electrons. The Morgan fingerprint density at radius 1 is 1.35 bits per heavy atom. The van der Waals surface area contributed by atoms with Gasteiger partial charge in [-0.3, -0.25) is 10.1 Å². The van der Waals surface area contributed by atoms with Crippen molar-refractivity contribution in [3.63, 3.8) is 0 Å². The second-order valence-electron chi connectivity index (χ2n) is 5.52. The molecule has 23 heavy (non-hydrogen) atoms. The second kappa shape index (κ2) is 6.29. The zero-order valence-corrected chi connectivity index (χ0v) is 14.0. The Labute approximate surface area is 138 Å². The summed E-state index contributed by atoms with van der Waals surface area (Å²) in [5.74, 6) is -0.190. The van der Waals surface area contributed by atoms with Gasteiger partial charge in [-0.2, -0.15) is 0 Å². The molecule has 0 bridgehead atoms. The van der Waals surface area contributed by atoms with Gasteiger partial charge in [0, 0.05) is 11.6 Å². The smallest absolute Gasteiger partial charge is 0.279 e. The van der Waals surface area contributed by atoms with Crippen molar-refractivity contribution in [2.24, 2.45) is 0 Å². The highest BCUT2D eigenvalue weighted by molar-refractivity contribution is 7.13. The van der Waals surface area contributed by atoms with Gasteiger partial charge in [0.25, 0.3) is 5.91 Å². The van der Waals surface area contributed by atoms with Crippen LogP contribution >= 0.6 is 11.3 Å². The maximum atomic E-state index is 12.5. The molecule has 2 heterocycles. The number of amides is 1. The quantitative estimate of drug-likeness (QED) is 0.797. The lowest BCUT2D eigenvalue weighted by Crippen LogP contribution is -2.16. The first-order valence-electron chi connectivity index (χ1n) is 7.29. The standard InChI is InChI=1S/C16H17N5OS/c1-10(2)14-13(15(22)18-16-17-7-8-23-16)19-20-21(14)12-6-4-5-11(3)9-12/h4-10H,1-3H3,(H,17,18,22). The molecule has 0 saturated heterocycles. The van der Waals surface area contributed by atoms with Crippen LogP contribution in [0.15, 0.2) is 35.8 Å². The minimum atomic E-state index is -0.289. The summed E-state index contributed by atoms with van der Waals surface area (Å²) in [5.41, 5.74) is 3.14. The van der Waals surface area contributed by atoms with Crippen LogP contribution in [0.25, 0.3) is 5.69 Å². The second-order valence-corrected chi connectivity index (χ2v) is 6.41. The molecular formula is C16H17N5OS. The lowest BCUT2D eigenvalue weighted by atomic mass is 10.1. The van der Waals surface area contributed by atoms with Gasteiger partial charge >= 0.3 is 0 Å². The molecule has 3 aromatic rings. The monoisotopic (exact) mass is 327 g/mol. The van der Waals surface area contributed by atoms with E-state index in [2.05, 4.69) is 20.6 Å². The van der Waals surface area contributed by atoms with Crippen molar-refractivity contribution in [3.05, 3.63) is 52.8 Å². The van der Waals surface area contributed by atoms with Crippen LogP contribution in [0.2, 0.25) is 0 Å². The van der Waals surface area contributed by atoms with E-state index in [0.717, 1.165) is 16.9 Å². The lowest BCUT2D eigenvalue weighted by Gasteiger charge is -2.11. The fourth-order valence-corrected chi connectivity index (χ4v) is 2.88. The fraction of sp³-hybridized carbons (Fsp3) is 0.250. The van der Waals surface area contributed by atoms with Gasteiger partial charge < -0.3 is 0 Å². The molecule has 0 saturated carbocycles. The Kier molecular flexibility index (Phi) is 4.20. The highest BCUT2D eigenvalue weighted by Gasteiger charge is 2.23. The lowest BCUT2D eigenvalue weighted by molar-refractivity contribution is 0.102. The molecule has 0 fully saturated rings. The highest BCUT2D eigenvalue weighted by atomic mass is 32.1. The third-order valence-corrected chi connectivity index (χ3v) is 4.05. The van der Waals surface area contributed by atoms with Crippen LogP contribution in [0.5, 0.6) is 0 Å². The molecule has 1 aromatic carbocycles. The van der Waals surface area contributed by atoms with E-state index in [1.165, 1.54) is 11.3 Å². The van der Waals surface area contributed by atoms with E-state index in [0.29, 0.717) is 10.8 Å². The summed E-state index contributed by atoms with van der Waals surface area (Å²) in [6, 6.07) is 7.95. The molecule has 6 nitrogen and oxygen atoms in total. The maximum Gasteiger partial charge on any atom is 0.279 e. The average Bonchev–Trinajstić information content (AvgIpc) is 3.15. The summed E-state index contributed by atoms with van der Waals surface area (Å²) in [4.78, 5) is 16.6. The van der Waals surface area contributed by atoms with Gasteiger partial charge in [0.1, 0.15) is 0 Å². The number of nitrogens with zero attached hydrogens (tertiary/aromatic N) is 4. The van der Waals surface area contributed by atoms with Crippen LogP contribution < -0.4 is 5.32 Å². The number of anilines is 1. The zero-order valence-electron chi connectivity index (χ0n) is 13.1. The molecule has 0 aliphatic carbocycles. The van der Waals surface area contributed by atoms with E-state index in [1.807, 2.05) is 50.4 Å². The van der Waals surface area contributed by atoms with Crippen LogP contribution in [0.4, 0.5) is 5.13 Å². The van der Waals surface area contributed by atoms with Crippen LogP contribution in [0.1, 0.15) is 41.5 Å². The number of aryl methyl sites for hydroxylation is 1. The molecule has 1 N–H and O–H groups in total. The summed E-state index contributed by atoms with van der Waals surface area (Å²) in [6.07, 6.45) is 1.65. The third kappa shape index (κ3) is 3.14. The van der Waals surface area contributed by atoms with E-state index >= 15 is 0 Å². The Bertz CT molecular complexity index is 823. The van der Waals surface area contributed by atoms with Gasteiger partial charge in [-0.15, -0.1) is 16.4 Å². The van der Waals surface area contributed by atoms with Gasteiger partial charge in [0.2, 0.25) is 0 Å². The van der Waals surface area contributed by atoms with E-state index in [9.17, 15) is 4.79 Å². The molecule has 0 aliphatic heterocycles. The van der Waals surface area contributed by atoms with Gasteiger partial charge in [-0.1, -0.05) is 31.2 Å². The van der Waals surface area contributed by atoms with Crippen molar-refractivity contribution in [3.8, 4) is 5.69 Å². The topological polar surface area (TPSA) is 72.7 Å². The average molecular weight is 327 g/mol. The van der Waals surface area contributed by atoms with Crippen molar-refractivity contribution >= 4 is 22.4 Å². The minimum absolute atomic E-state index is 0.0996. The van der Waals surface area contributed by atoms with Crippen molar-refractivity contribution in [1.82, 2.24) is 20.0 Å². The summed E-state index contributed by atoms with van der Waals surface area (Å²) in [5, 5.41) is 13.4. The number of aromatic nitrogens is 4. The van der Waals surface area contributed by atoms with Gasteiger partial charge in [-0.05, 0) is 30.5 Å². The van der Waals surface area contributed by atoms with Crippen LogP contribution in [0, 0.1) is 6.92 Å². The zero-order chi connectivity index (χ0) is 16.4. The van der Waals surface area contributed by atoms with Crippen LogP contribution in [-0.4, -0.2) is 25.9 Å². The third-order valence-electron chi connectivity index (χ3n) is 3.37. The predicted molar refractivity (Wildman–Crippen MR) is 90.3 cm³/mol. The van der Waals surface area contributed by atoms with Crippen molar-refractivity contribution < 1.29 is 4.79 Å². The number of nitrogens with one attached hydrogen (secondary N) is 1. The van der Waals surface area contributed by atoms with Crippen LogP contribution in [-0.2, 0) is 0 Å². The van der Waals surface area contributed by atoms with Gasteiger partial charge in [0.05, 0.1) is 11.4 Å². The summed E-state index contributed by atoms with van der Waals surface area (Å²) in [7, 11) is 0. The first kappa shape index (κ1) is 15.4. The Hall–Kier alpha value is -2.54. The van der Waals surface area contributed by atoms with Crippen LogP contribution in [0.3, 0.4) is 0 Å². The number of thiazole rings is 1. The number of benzene rings is 1. The molecule has 7 heteroatoms. The SMILES string of the molecule is Cc1cccc(-n2nnc(C(=O)Nc3nccs3)c2C(C)C)c1. The number of carbonyl (C=O) groups is 1. The Morgan fingerprint density at radius 2 is 2.17 bits per heavy atom. The molecule has 0 spiro atoms. The minimum Gasteiger partial charge on any atom is -0.296 e. The number of rotatable bonds is 4. The highest BCUT2D eigenvalue weighted by Crippen LogP contribution is 2.23. The molecule has 2 aromatic heterocycles. The summed E-state index contributed by atoms with van der Waals surface area (Å²) in [6.45, 7) is 6.06. The Morgan fingerprint density at radius 3 is 2.83 bits per heavy atom. The summed E-state index contributed by atoms with van der Waals surface area (Å²) < 4.78 is 1.73. The molecular weight excluding hydrogens is 310 g/mol. The molecule has 118 valence electrons. The van der Waals surface area contributed by atoms with Gasteiger partial charge in [-0.25, -0.2) is 9.67 Å². The molecule has 0 aliphatic rings. The largest absolute Gasteiger partial charge is 0.296 e. The van der Waals surface area contributed by atoms with E-state index < -0.39 is 0 Å². The van der Waals surface area contributed by atoms with E-state index in [-0.39, 0.29) is 11.8 Å². The molecule has 0 unspecified atom stereocenters. The molecule has 3 rings (SSSR count). The predicted octanol–water partition coefficient (Wildman–Crippen LogP) is 3.41. The van der Waals surface area contributed by atoms with E-state index in [4.69, 9.17) is 0 Å². The van der Waals surface area contributed by atoms with E-state index in [1.54, 1.807) is 10.9 Å². The van der Waals surface area contributed by atoms with Gasteiger partial charge in [0.15, 0.2) is 10.8 Å².